The van der Waals surface area contributed by atoms with Gasteiger partial charge in [0.05, 0.1) is 11.0 Å². The third-order valence-corrected chi connectivity index (χ3v) is 3.42. The standard InChI is InChI=1S/C13H12ClFN4O3/c1-6(9-4-3-8(15)5-10(9)14)16-13(20)11-12(19(21)22)7(2)17-18-11/h3-6H,1-2H3,(H,16,20)(H,17,18). The van der Waals surface area contributed by atoms with E-state index in [0.29, 0.717) is 5.56 Å². The van der Waals surface area contributed by atoms with Crippen molar-refractivity contribution in [1.82, 2.24) is 15.5 Å². The number of hydrogen-bond acceptors (Lipinski definition) is 4. The zero-order chi connectivity index (χ0) is 16.4. The van der Waals surface area contributed by atoms with Gasteiger partial charge >= 0.3 is 5.69 Å². The Morgan fingerprint density at radius 1 is 1.55 bits per heavy atom. The third-order valence-electron chi connectivity index (χ3n) is 3.09. The third kappa shape index (κ3) is 3.06. The van der Waals surface area contributed by atoms with Crippen molar-refractivity contribution in [2.45, 2.75) is 19.9 Å². The Bertz CT molecular complexity index is 747. The molecular weight excluding hydrogens is 315 g/mol. The largest absolute Gasteiger partial charge is 0.344 e. The fraction of sp³-hybridized carbons (Fsp3) is 0.231. The van der Waals surface area contributed by atoms with Crippen LogP contribution >= 0.6 is 11.6 Å². The van der Waals surface area contributed by atoms with Gasteiger partial charge < -0.3 is 5.32 Å². The molecule has 1 unspecified atom stereocenters. The Morgan fingerprint density at radius 2 is 2.23 bits per heavy atom. The summed E-state index contributed by atoms with van der Waals surface area (Å²) in [6.45, 7) is 3.07. The zero-order valence-electron chi connectivity index (χ0n) is 11.7. The number of benzene rings is 1. The Kier molecular flexibility index (Phi) is 4.41. The summed E-state index contributed by atoms with van der Waals surface area (Å²) in [5.41, 5.74) is -0.0172. The topological polar surface area (TPSA) is 101 Å². The van der Waals surface area contributed by atoms with Crippen LogP contribution in [0.25, 0.3) is 0 Å². The lowest BCUT2D eigenvalue weighted by Gasteiger charge is -2.14. The van der Waals surface area contributed by atoms with Crippen LogP contribution in [-0.2, 0) is 0 Å². The molecule has 1 aromatic heterocycles. The van der Waals surface area contributed by atoms with Gasteiger partial charge in [-0.15, -0.1) is 0 Å². The quantitative estimate of drug-likeness (QED) is 0.666. The molecule has 0 fully saturated rings. The van der Waals surface area contributed by atoms with Crippen molar-refractivity contribution >= 4 is 23.2 Å². The molecule has 0 saturated heterocycles. The molecule has 2 aromatic rings. The molecule has 22 heavy (non-hydrogen) atoms. The first-order chi connectivity index (χ1) is 10.3. The summed E-state index contributed by atoms with van der Waals surface area (Å²) in [5, 5.41) is 19.7. The van der Waals surface area contributed by atoms with Gasteiger partial charge in [0.1, 0.15) is 11.5 Å². The van der Waals surface area contributed by atoms with Gasteiger partial charge in [-0.3, -0.25) is 20.0 Å². The number of H-pyrrole nitrogens is 1. The number of amides is 1. The summed E-state index contributed by atoms with van der Waals surface area (Å²) in [7, 11) is 0. The fourth-order valence-electron chi connectivity index (χ4n) is 2.00. The fourth-order valence-corrected chi connectivity index (χ4v) is 2.33. The molecule has 7 nitrogen and oxygen atoms in total. The smallest absolute Gasteiger partial charge is 0.322 e. The molecule has 0 aliphatic carbocycles. The van der Waals surface area contributed by atoms with Crippen molar-refractivity contribution in [1.29, 1.82) is 0 Å². The highest BCUT2D eigenvalue weighted by atomic mass is 35.5. The normalized spacial score (nSPS) is 12.0. The predicted octanol–water partition coefficient (Wildman–Crippen LogP) is 2.91. The van der Waals surface area contributed by atoms with E-state index >= 15 is 0 Å². The maximum Gasteiger partial charge on any atom is 0.322 e. The molecule has 0 bridgehead atoms. The molecule has 0 spiro atoms. The van der Waals surface area contributed by atoms with E-state index in [1.165, 1.54) is 19.1 Å². The van der Waals surface area contributed by atoms with Gasteiger partial charge in [-0.05, 0) is 31.5 Å². The van der Waals surface area contributed by atoms with E-state index in [4.69, 9.17) is 11.6 Å². The van der Waals surface area contributed by atoms with Gasteiger partial charge in [-0.1, -0.05) is 17.7 Å². The molecule has 0 radical (unpaired) electrons. The van der Waals surface area contributed by atoms with Crippen molar-refractivity contribution in [3.05, 3.63) is 56.1 Å². The number of aromatic nitrogens is 2. The van der Waals surface area contributed by atoms with Gasteiger partial charge in [-0.25, -0.2) is 4.39 Å². The monoisotopic (exact) mass is 326 g/mol. The van der Waals surface area contributed by atoms with Crippen LogP contribution in [0.1, 0.15) is 34.7 Å². The summed E-state index contributed by atoms with van der Waals surface area (Å²) < 4.78 is 13.0. The minimum Gasteiger partial charge on any atom is -0.344 e. The molecule has 1 aromatic carbocycles. The van der Waals surface area contributed by atoms with Crippen molar-refractivity contribution in [3.8, 4) is 0 Å². The number of rotatable bonds is 4. The van der Waals surface area contributed by atoms with Crippen molar-refractivity contribution in [2.24, 2.45) is 0 Å². The summed E-state index contributed by atoms with van der Waals surface area (Å²) in [5.74, 6) is -1.21. The highest BCUT2D eigenvalue weighted by Gasteiger charge is 2.28. The Labute approximate surface area is 129 Å². The maximum absolute atomic E-state index is 13.0. The number of nitrogens with one attached hydrogen (secondary N) is 2. The maximum atomic E-state index is 13.0. The molecule has 0 aliphatic rings. The molecule has 2 rings (SSSR count). The van der Waals surface area contributed by atoms with E-state index in [1.807, 2.05) is 0 Å². The Hall–Kier alpha value is -2.48. The van der Waals surface area contributed by atoms with Crippen LogP contribution in [0.4, 0.5) is 10.1 Å². The molecule has 1 atom stereocenters. The average molecular weight is 327 g/mol. The van der Waals surface area contributed by atoms with Gasteiger partial charge in [-0.2, -0.15) is 5.10 Å². The second-order valence-corrected chi connectivity index (χ2v) is 5.07. The van der Waals surface area contributed by atoms with Crippen LogP contribution in [-0.4, -0.2) is 21.0 Å². The summed E-state index contributed by atoms with van der Waals surface area (Å²) in [4.78, 5) is 22.4. The van der Waals surface area contributed by atoms with E-state index in [0.717, 1.165) is 6.07 Å². The lowest BCUT2D eigenvalue weighted by Crippen LogP contribution is -2.27. The zero-order valence-corrected chi connectivity index (χ0v) is 12.4. The molecule has 116 valence electrons. The van der Waals surface area contributed by atoms with Crippen LogP contribution < -0.4 is 5.32 Å². The van der Waals surface area contributed by atoms with Crippen molar-refractivity contribution in [2.75, 3.05) is 0 Å². The SMILES string of the molecule is Cc1[nH]nc(C(=O)NC(C)c2ccc(F)cc2Cl)c1[N+](=O)[O-]. The first-order valence-electron chi connectivity index (χ1n) is 6.26. The number of aryl methyl sites for hydroxylation is 1. The number of aromatic amines is 1. The van der Waals surface area contributed by atoms with Crippen molar-refractivity contribution in [3.63, 3.8) is 0 Å². The highest BCUT2D eigenvalue weighted by molar-refractivity contribution is 6.31. The first-order valence-corrected chi connectivity index (χ1v) is 6.64. The van der Waals surface area contributed by atoms with Crippen LogP contribution in [0.15, 0.2) is 18.2 Å². The Balaban J connectivity index is 2.23. The molecule has 0 aliphatic heterocycles. The van der Waals surface area contributed by atoms with Crippen LogP contribution in [0, 0.1) is 22.9 Å². The van der Waals surface area contributed by atoms with Crippen LogP contribution in [0.2, 0.25) is 5.02 Å². The lowest BCUT2D eigenvalue weighted by molar-refractivity contribution is -0.385. The van der Waals surface area contributed by atoms with Crippen molar-refractivity contribution < 1.29 is 14.1 Å². The molecule has 2 N–H and O–H groups in total. The van der Waals surface area contributed by atoms with E-state index in [2.05, 4.69) is 15.5 Å². The lowest BCUT2D eigenvalue weighted by atomic mass is 10.1. The number of carbonyl (C=O) groups excluding carboxylic acids is 1. The van der Waals surface area contributed by atoms with Gasteiger partial charge in [0.15, 0.2) is 0 Å². The minimum atomic E-state index is -0.719. The van der Waals surface area contributed by atoms with Gasteiger partial charge in [0.25, 0.3) is 5.91 Å². The average Bonchev–Trinajstić information content (AvgIpc) is 2.80. The van der Waals surface area contributed by atoms with E-state index in [-0.39, 0.29) is 22.1 Å². The molecule has 9 heteroatoms. The van der Waals surface area contributed by atoms with Crippen LogP contribution in [0.3, 0.4) is 0 Å². The first kappa shape index (κ1) is 15.9. The summed E-state index contributed by atoms with van der Waals surface area (Å²) >= 11 is 5.92. The molecule has 0 saturated carbocycles. The Morgan fingerprint density at radius 3 is 2.82 bits per heavy atom. The van der Waals surface area contributed by atoms with Crippen LogP contribution in [0.5, 0.6) is 0 Å². The number of halogens is 2. The van der Waals surface area contributed by atoms with E-state index < -0.39 is 22.7 Å². The highest BCUT2D eigenvalue weighted by Crippen LogP contribution is 2.25. The van der Waals surface area contributed by atoms with E-state index in [9.17, 15) is 19.3 Å². The molecule has 1 heterocycles. The summed E-state index contributed by atoms with van der Waals surface area (Å²) in [6.07, 6.45) is 0. The summed E-state index contributed by atoms with van der Waals surface area (Å²) in [6, 6.07) is 3.20. The van der Waals surface area contributed by atoms with E-state index in [1.54, 1.807) is 6.92 Å². The van der Waals surface area contributed by atoms with Gasteiger partial charge in [0, 0.05) is 5.02 Å². The second-order valence-electron chi connectivity index (χ2n) is 4.66. The predicted molar refractivity (Wildman–Crippen MR) is 77.3 cm³/mol. The van der Waals surface area contributed by atoms with Gasteiger partial charge in [0.2, 0.25) is 5.69 Å². The molecular formula is C13H12ClFN4O3. The molecule has 1 amide bonds. The minimum absolute atomic E-state index is 0.153. The number of hydrogen-bond donors (Lipinski definition) is 2. The second kappa shape index (κ2) is 6.10. The number of nitrogens with zero attached hydrogens (tertiary/aromatic N) is 2. The number of carbonyl (C=O) groups is 1. The number of nitro groups is 1.